The third-order valence-electron chi connectivity index (χ3n) is 4.05. The first-order valence-corrected chi connectivity index (χ1v) is 10.6. The molecule has 0 fully saturated rings. The highest BCUT2D eigenvalue weighted by atomic mass is 32.2. The van der Waals surface area contributed by atoms with Crippen molar-refractivity contribution in [2.24, 2.45) is 0 Å². The van der Waals surface area contributed by atoms with Crippen molar-refractivity contribution in [2.75, 3.05) is 14.1 Å². The predicted molar refractivity (Wildman–Crippen MR) is 105 cm³/mol. The highest BCUT2D eigenvalue weighted by Gasteiger charge is 2.20. The lowest BCUT2D eigenvalue weighted by atomic mass is 10.1. The Morgan fingerprint density at radius 3 is 2.56 bits per heavy atom. The van der Waals surface area contributed by atoms with Gasteiger partial charge in [-0.25, -0.2) is 17.7 Å². The SMILES string of the molecule is Cc1ccc(C[C@H](C#N)Sc2nc3cc(S(=O)(=O)N(C)C)ccc3o2)cc1. The average Bonchev–Trinajstić information content (AvgIpc) is 3.04. The van der Waals surface area contributed by atoms with Crippen LogP contribution in [0.25, 0.3) is 11.1 Å². The zero-order valence-electron chi connectivity index (χ0n) is 15.2. The van der Waals surface area contributed by atoms with Crippen molar-refractivity contribution >= 4 is 32.9 Å². The number of fused-ring (bicyclic) bond motifs is 1. The zero-order chi connectivity index (χ0) is 19.6. The van der Waals surface area contributed by atoms with Crippen LogP contribution in [0.4, 0.5) is 0 Å². The third kappa shape index (κ3) is 4.33. The summed E-state index contributed by atoms with van der Waals surface area (Å²) in [7, 11) is -0.582. The van der Waals surface area contributed by atoms with Gasteiger partial charge in [0.2, 0.25) is 10.0 Å². The largest absolute Gasteiger partial charge is 0.431 e. The summed E-state index contributed by atoms with van der Waals surface area (Å²) >= 11 is 1.23. The molecule has 1 heterocycles. The van der Waals surface area contributed by atoms with Gasteiger partial charge in [-0.05, 0) is 48.9 Å². The fourth-order valence-corrected chi connectivity index (χ4v) is 4.26. The fraction of sp³-hybridized carbons (Fsp3) is 0.263. The number of aromatic nitrogens is 1. The molecule has 0 radical (unpaired) electrons. The Kier molecular flexibility index (Phi) is 5.56. The molecule has 0 aliphatic carbocycles. The van der Waals surface area contributed by atoms with Crippen LogP contribution in [-0.2, 0) is 16.4 Å². The molecule has 6 nitrogen and oxygen atoms in total. The molecule has 0 unspecified atom stereocenters. The Bertz CT molecular complexity index is 1100. The van der Waals surface area contributed by atoms with E-state index in [1.807, 2.05) is 31.2 Å². The van der Waals surface area contributed by atoms with Crippen LogP contribution in [0.15, 0.2) is 57.0 Å². The van der Waals surface area contributed by atoms with Crippen LogP contribution >= 0.6 is 11.8 Å². The van der Waals surface area contributed by atoms with Crippen molar-refractivity contribution in [3.05, 3.63) is 53.6 Å². The average molecular weight is 402 g/mol. The molecule has 8 heteroatoms. The molecule has 0 N–H and O–H groups in total. The van der Waals surface area contributed by atoms with E-state index >= 15 is 0 Å². The van der Waals surface area contributed by atoms with Gasteiger partial charge in [0.1, 0.15) is 10.8 Å². The predicted octanol–water partition coefficient (Wildman–Crippen LogP) is 3.61. The standard InChI is InChI=1S/C19H19N3O3S2/c1-13-4-6-14(7-5-13)10-15(12-20)26-19-21-17-11-16(8-9-18(17)25-19)27(23,24)22(2)3/h4-9,11,15H,10H2,1-3H3/t15-/m1/s1. The normalized spacial score (nSPS) is 13.0. The van der Waals surface area contributed by atoms with Gasteiger partial charge < -0.3 is 4.42 Å². The van der Waals surface area contributed by atoms with Gasteiger partial charge in [0.25, 0.3) is 5.22 Å². The second-order valence-electron chi connectivity index (χ2n) is 6.32. The molecule has 3 rings (SSSR count). The molecule has 0 saturated carbocycles. The topological polar surface area (TPSA) is 87.2 Å². The van der Waals surface area contributed by atoms with Gasteiger partial charge in [0.15, 0.2) is 5.58 Å². The molecular weight excluding hydrogens is 382 g/mol. The molecule has 140 valence electrons. The second-order valence-corrected chi connectivity index (χ2v) is 9.63. The van der Waals surface area contributed by atoms with Crippen molar-refractivity contribution in [1.82, 2.24) is 9.29 Å². The quantitative estimate of drug-likeness (QED) is 0.586. The number of thioether (sulfide) groups is 1. The van der Waals surface area contributed by atoms with Gasteiger partial charge in [-0.3, -0.25) is 0 Å². The first kappa shape index (κ1) is 19.4. The van der Waals surface area contributed by atoms with Crippen LogP contribution in [0.1, 0.15) is 11.1 Å². The Hall–Kier alpha value is -2.34. The van der Waals surface area contributed by atoms with Gasteiger partial charge in [-0.2, -0.15) is 5.26 Å². The maximum atomic E-state index is 12.3. The number of hydrogen-bond acceptors (Lipinski definition) is 6. The molecule has 2 aromatic carbocycles. The lowest BCUT2D eigenvalue weighted by Gasteiger charge is -2.10. The van der Waals surface area contributed by atoms with E-state index in [9.17, 15) is 13.7 Å². The monoisotopic (exact) mass is 401 g/mol. The van der Waals surface area contributed by atoms with Crippen molar-refractivity contribution in [1.29, 1.82) is 5.26 Å². The lowest BCUT2D eigenvalue weighted by molar-refractivity contribution is 0.488. The minimum Gasteiger partial charge on any atom is -0.431 e. The summed E-state index contributed by atoms with van der Waals surface area (Å²) in [4.78, 5) is 4.51. The molecule has 27 heavy (non-hydrogen) atoms. The lowest BCUT2D eigenvalue weighted by Crippen LogP contribution is -2.22. The van der Waals surface area contributed by atoms with Crippen molar-refractivity contribution < 1.29 is 12.8 Å². The molecule has 1 atom stereocenters. The number of nitrogens with zero attached hydrogens (tertiary/aromatic N) is 3. The van der Waals surface area contributed by atoms with E-state index in [2.05, 4.69) is 11.1 Å². The molecule has 0 aliphatic rings. The minimum atomic E-state index is -3.54. The van der Waals surface area contributed by atoms with Crippen molar-refractivity contribution in [3.63, 3.8) is 0 Å². The first-order chi connectivity index (χ1) is 12.8. The van der Waals surface area contributed by atoms with Gasteiger partial charge in [-0.15, -0.1) is 0 Å². The van der Waals surface area contributed by atoms with Gasteiger partial charge in [0, 0.05) is 14.1 Å². The highest BCUT2D eigenvalue weighted by Crippen LogP contribution is 2.29. The molecular formula is C19H19N3O3S2. The molecule has 0 spiro atoms. The number of hydrogen-bond donors (Lipinski definition) is 0. The minimum absolute atomic E-state index is 0.154. The van der Waals surface area contributed by atoms with Gasteiger partial charge in [0.05, 0.1) is 11.0 Å². The zero-order valence-corrected chi connectivity index (χ0v) is 16.8. The maximum Gasteiger partial charge on any atom is 0.258 e. The van der Waals surface area contributed by atoms with Crippen LogP contribution in [-0.4, -0.2) is 37.1 Å². The van der Waals surface area contributed by atoms with E-state index in [4.69, 9.17) is 4.42 Å². The fourth-order valence-electron chi connectivity index (χ4n) is 2.48. The smallest absolute Gasteiger partial charge is 0.258 e. The molecule has 0 aliphatic heterocycles. The summed E-state index contributed by atoms with van der Waals surface area (Å²) in [6.07, 6.45) is 0.570. The maximum absolute atomic E-state index is 12.3. The summed E-state index contributed by atoms with van der Waals surface area (Å²) in [6, 6.07) is 14.9. The van der Waals surface area contributed by atoms with E-state index < -0.39 is 10.0 Å². The van der Waals surface area contributed by atoms with Gasteiger partial charge >= 0.3 is 0 Å². The summed E-state index contributed by atoms with van der Waals surface area (Å²) in [5, 5.41) is 9.46. The first-order valence-electron chi connectivity index (χ1n) is 8.24. The van der Waals surface area contributed by atoms with Crippen LogP contribution in [0, 0.1) is 18.3 Å². The number of nitriles is 1. The summed E-state index contributed by atoms with van der Waals surface area (Å²) in [5.74, 6) is 0. The van der Waals surface area contributed by atoms with E-state index in [1.165, 1.54) is 43.6 Å². The van der Waals surface area contributed by atoms with Crippen LogP contribution in [0.5, 0.6) is 0 Å². The van der Waals surface area contributed by atoms with Crippen molar-refractivity contribution in [2.45, 2.75) is 28.7 Å². The Morgan fingerprint density at radius 1 is 1.22 bits per heavy atom. The molecule has 0 amide bonds. The van der Waals surface area contributed by atoms with Gasteiger partial charge in [-0.1, -0.05) is 29.8 Å². The van der Waals surface area contributed by atoms with Crippen LogP contribution < -0.4 is 0 Å². The third-order valence-corrected chi connectivity index (χ3v) is 6.79. The Balaban J connectivity index is 1.82. The number of rotatable bonds is 6. The van der Waals surface area contributed by atoms with E-state index in [0.717, 1.165) is 9.87 Å². The Labute approximate surface area is 162 Å². The number of benzene rings is 2. The second kappa shape index (κ2) is 7.72. The van der Waals surface area contributed by atoms with E-state index in [0.29, 0.717) is 22.7 Å². The Morgan fingerprint density at radius 2 is 1.93 bits per heavy atom. The van der Waals surface area contributed by atoms with Crippen LogP contribution in [0.3, 0.4) is 0 Å². The van der Waals surface area contributed by atoms with Crippen LogP contribution in [0.2, 0.25) is 0 Å². The van der Waals surface area contributed by atoms with E-state index in [1.54, 1.807) is 6.07 Å². The summed E-state index contributed by atoms with van der Waals surface area (Å²) in [5.41, 5.74) is 3.17. The molecule has 0 bridgehead atoms. The number of sulfonamides is 1. The molecule has 0 saturated heterocycles. The van der Waals surface area contributed by atoms with Crippen molar-refractivity contribution in [3.8, 4) is 6.07 Å². The highest BCUT2D eigenvalue weighted by molar-refractivity contribution is 7.99. The molecule has 1 aromatic heterocycles. The van der Waals surface area contributed by atoms with E-state index in [-0.39, 0.29) is 10.1 Å². The molecule has 3 aromatic rings. The summed E-state index contributed by atoms with van der Waals surface area (Å²) in [6.45, 7) is 2.02. The summed E-state index contributed by atoms with van der Waals surface area (Å²) < 4.78 is 31.3. The number of oxazole rings is 1. The number of aryl methyl sites for hydroxylation is 1.